The van der Waals surface area contributed by atoms with E-state index in [4.69, 9.17) is 4.52 Å². The van der Waals surface area contributed by atoms with E-state index in [1.165, 1.54) is 0 Å². The Morgan fingerprint density at radius 1 is 1.17 bits per heavy atom. The Balaban J connectivity index is 1.70. The quantitative estimate of drug-likeness (QED) is 0.778. The van der Waals surface area contributed by atoms with E-state index in [2.05, 4.69) is 27.6 Å². The number of benzene rings is 1. The van der Waals surface area contributed by atoms with E-state index in [1.807, 2.05) is 29.6 Å². The van der Waals surface area contributed by atoms with Gasteiger partial charge in [0.1, 0.15) is 12.0 Å². The first-order valence-corrected chi connectivity index (χ1v) is 6.44. The Bertz CT molecular complexity index is 604. The van der Waals surface area contributed by atoms with Gasteiger partial charge in [-0.15, -0.1) is 11.3 Å². The third kappa shape index (κ3) is 2.41. The van der Waals surface area contributed by atoms with E-state index >= 15 is 0 Å². The van der Waals surface area contributed by atoms with Gasteiger partial charge in [0.25, 0.3) is 0 Å². The van der Waals surface area contributed by atoms with Crippen LogP contribution >= 0.6 is 11.3 Å². The van der Waals surface area contributed by atoms with Crippen LogP contribution in [-0.4, -0.2) is 10.1 Å². The van der Waals surface area contributed by atoms with Gasteiger partial charge in [0, 0.05) is 17.0 Å². The smallest absolute Gasteiger partial charge is 0.183 e. The highest BCUT2D eigenvalue weighted by Gasteiger charge is 2.04. The lowest BCUT2D eigenvalue weighted by molar-refractivity contribution is 0.412. The average Bonchev–Trinajstić information content (AvgIpc) is 3.09. The minimum Gasteiger partial charge on any atom is -0.364 e. The lowest BCUT2D eigenvalue weighted by Crippen LogP contribution is -1.98. The second-order valence-corrected chi connectivity index (χ2v) is 4.61. The maximum Gasteiger partial charge on any atom is 0.183 e. The van der Waals surface area contributed by atoms with Gasteiger partial charge in [-0.3, -0.25) is 0 Å². The lowest BCUT2D eigenvalue weighted by Gasteiger charge is -1.98. The van der Waals surface area contributed by atoms with E-state index in [0.29, 0.717) is 6.54 Å². The van der Waals surface area contributed by atoms with Crippen molar-refractivity contribution < 1.29 is 4.52 Å². The van der Waals surface area contributed by atoms with Crippen molar-refractivity contribution in [1.82, 2.24) is 10.1 Å². The Morgan fingerprint density at radius 3 is 2.83 bits per heavy atom. The van der Waals surface area contributed by atoms with Crippen molar-refractivity contribution in [2.24, 2.45) is 0 Å². The van der Waals surface area contributed by atoms with Crippen molar-refractivity contribution in [3.63, 3.8) is 0 Å². The topological polar surface area (TPSA) is 51.0 Å². The van der Waals surface area contributed by atoms with E-state index in [9.17, 15) is 0 Å². The Labute approximate surface area is 108 Å². The molecule has 0 aliphatic heterocycles. The summed E-state index contributed by atoms with van der Waals surface area (Å²) in [7, 11) is 0. The van der Waals surface area contributed by atoms with Crippen molar-refractivity contribution in [3.05, 3.63) is 53.7 Å². The van der Waals surface area contributed by atoms with Gasteiger partial charge in [-0.2, -0.15) is 0 Å². The summed E-state index contributed by atoms with van der Waals surface area (Å²) in [5.41, 5.74) is 2.98. The molecule has 3 aromatic rings. The zero-order valence-electron chi connectivity index (χ0n) is 9.54. The van der Waals surface area contributed by atoms with E-state index < -0.39 is 0 Å². The van der Waals surface area contributed by atoms with Crippen LogP contribution in [0.15, 0.2) is 52.6 Å². The number of nitrogens with zero attached hydrogens (tertiary/aromatic N) is 2. The van der Waals surface area contributed by atoms with Gasteiger partial charge in [-0.1, -0.05) is 35.5 Å². The molecule has 0 aliphatic carbocycles. The van der Waals surface area contributed by atoms with Gasteiger partial charge in [-0.25, -0.2) is 4.98 Å². The molecule has 0 atom stereocenters. The molecular formula is C13H11N3OS. The predicted octanol–water partition coefficient (Wildman–Crippen LogP) is 3.41. The molecule has 5 heteroatoms. The minimum atomic E-state index is 0.623. The summed E-state index contributed by atoms with van der Waals surface area (Å²) in [6, 6.07) is 12.0. The highest BCUT2D eigenvalue weighted by atomic mass is 32.1. The second-order valence-electron chi connectivity index (χ2n) is 3.75. The number of anilines is 1. The SMILES string of the molecule is c1ccc(-c2csc(NCc3ccon3)n2)cc1. The molecule has 2 heterocycles. The number of rotatable bonds is 4. The summed E-state index contributed by atoms with van der Waals surface area (Å²) < 4.78 is 4.77. The van der Waals surface area contributed by atoms with Crippen molar-refractivity contribution >= 4 is 16.5 Å². The van der Waals surface area contributed by atoms with Crippen LogP contribution in [0, 0.1) is 0 Å². The number of aromatic nitrogens is 2. The number of nitrogens with one attached hydrogen (secondary N) is 1. The standard InChI is InChI=1S/C13H11N3OS/c1-2-4-10(5-3-1)12-9-18-13(15-12)14-8-11-6-7-17-16-11/h1-7,9H,8H2,(H,14,15). The highest BCUT2D eigenvalue weighted by Crippen LogP contribution is 2.24. The zero-order valence-corrected chi connectivity index (χ0v) is 10.4. The minimum absolute atomic E-state index is 0.623. The van der Waals surface area contributed by atoms with Crippen LogP contribution in [0.25, 0.3) is 11.3 Å². The lowest BCUT2D eigenvalue weighted by atomic mass is 10.2. The predicted molar refractivity (Wildman–Crippen MR) is 71.4 cm³/mol. The van der Waals surface area contributed by atoms with Crippen LogP contribution < -0.4 is 5.32 Å². The molecule has 1 N–H and O–H groups in total. The second kappa shape index (κ2) is 5.01. The number of hydrogen-bond acceptors (Lipinski definition) is 5. The fourth-order valence-corrected chi connectivity index (χ4v) is 2.31. The van der Waals surface area contributed by atoms with Crippen molar-refractivity contribution in [1.29, 1.82) is 0 Å². The molecule has 90 valence electrons. The summed E-state index contributed by atoms with van der Waals surface area (Å²) in [4.78, 5) is 4.53. The number of hydrogen-bond donors (Lipinski definition) is 1. The average molecular weight is 257 g/mol. The van der Waals surface area contributed by atoms with E-state index in [-0.39, 0.29) is 0 Å². The molecule has 0 unspecified atom stereocenters. The van der Waals surface area contributed by atoms with Crippen molar-refractivity contribution in [3.8, 4) is 11.3 Å². The summed E-state index contributed by atoms with van der Waals surface area (Å²) in [6.07, 6.45) is 1.56. The summed E-state index contributed by atoms with van der Waals surface area (Å²) >= 11 is 1.59. The van der Waals surface area contributed by atoms with Gasteiger partial charge < -0.3 is 9.84 Å². The molecule has 0 bridgehead atoms. The van der Waals surface area contributed by atoms with Crippen LogP contribution in [-0.2, 0) is 6.54 Å². The van der Waals surface area contributed by atoms with Crippen LogP contribution in [0.4, 0.5) is 5.13 Å². The first-order valence-electron chi connectivity index (χ1n) is 5.56. The Kier molecular flexibility index (Phi) is 3.06. The third-order valence-corrected chi connectivity index (χ3v) is 3.29. The largest absolute Gasteiger partial charge is 0.364 e. The molecule has 0 saturated heterocycles. The van der Waals surface area contributed by atoms with E-state index in [1.54, 1.807) is 17.6 Å². The monoisotopic (exact) mass is 257 g/mol. The fourth-order valence-electron chi connectivity index (χ4n) is 1.59. The van der Waals surface area contributed by atoms with Crippen LogP contribution in [0.1, 0.15) is 5.69 Å². The van der Waals surface area contributed by atoms with E-state index in [0.717, 1.165) is 22.1 Å². The van der Waals surface area contributed by atoms with Gasteiger partial charge >= 0.3 is 0 Å². The molecule has 1 aromatic carbocycles. The van der Waals surface area contributed by atoms with Crippen molar-refractivity contribution in [2.75, 3.05) is 5.32 Å². The highest BCUT2D eigenvalue weighted by molar-refractivity contribution is 7.14. The van der Waals surface area contributed by atoms with Gasteiger partial charge in [-0.05, 0) is 0 Å². The summed E-state index contributed by atoms with van der Waals surface area (Å²) in [6.45, 7) is 0.623. The van der Waals surface area contributed by atoms with Gasteiger partial charge in [0.05, 0.1) is 12.2 Å². The van der Waals surface area contributed by atoms with Crippen molar-refractivity contribution in [2.45, 2.75) is 6.54 Å². The van der Waals surface area contributed by atoms with Crippen LogP contribution in [0.2, 0.25) is 0 Å². The molecule has 4 nitrogen and oxygen atoms in total. The molecule has 2 aromatic heterocycles. The normalized spacial score (nSPS) is 10.4. The molecule has 3 rings (SSSR count). The fraction of sp³-hybridized carbons (Fsp3) is 0.0769. The molecule has 0 amide bonds. The molecular weight excluding hydrogens is 246 g/mol. The third-order valence-electron chi connectivity index (χ3n) is 2.49. The van der Waals surface area contributed by atoms with Gasteiger partial charge in [0.15, 0.2) is 5.13 Å². The van der Waals surface area contributed by atoms with Crippen LogP contribution in [0.3, 0.4) is 0 Å². The summed E-state index contributed by atoms with van der Waals surface area (Å²) in [5, 5.41) is 9.99. The Hall–Kier alpha value is -2.14. The first-order chi connectivity index (χ1) is 8.92. The zero-order chi connectivity index (χ0) is 12.2. The maximum atomic E-state index is 4.77. The molecule has 18 heavy (non-hydrogen) atoms. The Morgan fingerprint density at radius 2 is 2.06 bits per heavy atom. The number of thiazole rings is 1. The molecule has 0 fully saturated rings. The molecule has 0 saturated carbocycles. The molecule has 0 aliphatic rings. The first kappa shape index (κ1) is 11.0. The molecule has 0 spiro atoms. The maximum absolute atomic E-state index is 4.77. The van der Waals surface area contributed by atoms with Crippen LogP contribution in [0.5, 0.6) is 0 Å². The molecule has 0 radical (unpaired) electrons. The summed E-state index contributed by atoms with van der Waals surface area (Å²) in [5.74, 6) is 0. The van der Waals surface area contributed by atoms with Gasteiger partial charge in [0.2, 0.25) is 0 Å².